The summed E-state index contributed by atoms with van der Waals surface area (Å²) in [5.41, 5.74) is 1.28. The summed E-state index contributed by atoms with van der Waals surface area (Å²) < 4.78 is 32.3. The van der Waals surface area contributed by atoms with Crippen LogP contribution in [0, 0.1) is 0 Å². The molecule has 3 rings (SSSR count). The van der Waals surface area contributed by atoms with Crippen molar-refractivity contribution in [2.75, 3.05) is 32.4 Å². The first kappa shape index (κ1) is 24.1. The van der Waals surface area contributed by atoms with Gasteiger partial charge in [0.1, 0.15) is 11.6 Å². The number of ether oxygens (including phenoxy) is 1. The number of carbonyl (C=O) groups is 2. The SMILES string of the molecule is Cn1cc(CC(NC(=O)OC(C)(C)C)C(=O)N2CCN(S(C)(=O)=O)CC2)c2ccccc21. The fraction of sp³-hybridized carbons (Fsp3) is 0.545. The summed E-state index contributed by atoms with van der Waals surface area (Å²) in [6, 6.07) is 7.05. The first-order valence-electron chi connectivity index (χ1n) is 10.6. The number of fused-ring (bicyclic) bond motifs is 1. The van der Waals surface area contributed by atoms with Gasteiger partial charge in [0, 0.05) is 56.7 Å². The molecule has 1 aromatic carbocycles. The van der Waals surface area contributed by atoms with E-state index in [0.717, 1.165) is 22.7 Å². The number of alkyl carbamates (subject to hydrolysis) is 1. The fourth-order valence-electron chi connectivity index (χ4n) is 3.92. The summed E-state index contributed by atoms with van der Waals surface area (Å²) in [5.74, 6) is -0.253. The van der Waals surface area contributed by atoms with Crippen LogP contribution < -0.4 is 5.32 Å². The van der Waals surface area contributed by atoms with Gasteiger partial charge in [-0.3, -0.25) is 4.79 Å². The number of carbonyl (C=O) groups excluding carboxylic acids is 2. The Hall–Kier alpha value is -2.59. The van der Waals surface area contributed by atoms with Crippen LogP contribution in [0.25, 0.3) is 10.9 Å². The molecule has 32 heavy (non-hydrogen) atoms. The highest BCUT2D eigenvalue weighted by atomic mass is 32.2. The van der Waals surface area contributed by atoms with Gasteiger partial charge >= 0.3 is 6.09 Å². The molecule has 1 aliphatic heterocycles. The molecule has 2 amide bonds. The molecule has 1 unspecified atom stereocenters. The zero-order valence-electron chi connectivity index (χ0n) is 19.3. The minimum atomic E-state index is -3.30. The standard InChI is InChI=1S/C22H32N4O5S/c1-22(2,3)31-21(28)23-18(14-16-15-24(4)19-9-7-6-8-17(16)19)20(27)25-10-12-26(13-11-25)32(5,29)30/h6-9,15,18H,10-14H2,1-5H3,(H,23,28). The highest BCUT2D eigenvalue weighted by Gasteiger charge is 2.32. The van der Waals surface area contributed by atoms with Gasteiger partial charge in [0.05, 0.1) is 6.26 Å². The van der Waals surface area contributed by atoms with E-state index in [9.17, 15) is 18.0 Å². The van der Waals surface area contributed by atoms with E-state index in [1.54, 1.807) is 25.7 Å². The maximum atomic E-state index is 13.4. The largest absolute Gasteiger partial charge is 0.444 e. The summed E-state index contributed by atoms with van der Waals surface area (Å²) in [7, 11) is -1.36. The predicted octanol–water partition coefficient (Wildman–Crippen LogP) is 1.72. The molecular weight excluding hydrogens is 432 g/mol. The second kappa shape index (κ2) is 9.11. The number of amides is 2. The lowest BCUT2D eigenvalue weighted by Crippen LogP contribution is -2.56. The van der Waals surface area contributed by atoms with E-state index in [0.29, 0.717) is 6.42 Å². The Labute approximate surface area is 189 Å². The van der Waals surface area contributed by atoms with Crippen LogP contribution in [-0.4, -0.2) is 78.3 Å². The van der Waals surface area contributed by atoms with Gasteiger partial charge in [0.2, 0.25) is 15.9 Å². The number of aromatic nitrogens is 1. The minimum Gasteiger partial charge on any atom is -0.444 e. The molecule has 10 heteroatoms. The summed E-state index contributed by atoms with van der Waals surface area (Å²) in [5, 5.41) is 3.76. The third-order valence-electron chi connectivity index (χ3n) is 5.41. The minimum absolute atomic E-state index is 0.234. The molecule has 2 heterocycles. The number of rotatable bonds is 5. The van der Waals surface area contributed by atoms with Gasteiger partial charge in [-0.2, -0.15) is 4.31 Å². The molecule has 176 valence electrons. The second-order valence-corrected chi connectivity index (χ2v) is 11.2. The van der Waals surface area contributed by atoms with Gasteiger partial charge in [0.25, 0.3) is 0 Å². The summed E-state index contributed by atoms with van der Waals surface area (Å²) >= 11 is 0. The molecule has 1 aliphatic rings. The van der Waals surface area contributed by atoms with Gasteiger partial charge in [-0.05, 0) is 32.4 Å². The Balaban J connectivity index is 1.82. The van der Waals surface area contributed by atoms with Crippen LogP contribution in [0.1, 0.15) is 26.3 Å². The van der Waals surface area contributed by atoms with E-state index in [4.69, 9.17) is 4.74 Å². The molecule has 1 atom stereocenters. The van der Waals surface area contributed by atoms with E-state index < -0.39 is 27.8 Å². The van der Waals surface area contributed by atoms with Crippen molar-refractivity contribution in [2.45, 2.75) is 38.8 Å². The molecular formula is C22H32N4O5S. The Morgan fingerprint density at radius 1 is 1.12 bits per heavy atom. The molecule has 0 bridgehead atoms. The van der Waals surface area contributed by atoms with Gasteiger partial charge < -0.3 is 19.5 Å². The molecule has 0 spiro atoms. The first-order valence-corrected chi connectivity index (χ1v) is 12.5. The number of hydrogen-bond donors (Lipinski definition) is 1. The Morgan fingerprint density at radius 2 is 1.75 bits per heavy atom. The average molecular weight is 465 g/mol. The molecule has 9 nitrogen and oxygen atoms in total. The normalized spacial score (nSPS) is 16.7. The molecule has 2 aromatic rings. The Kier molecular flexibility index (Phi) is 6.85. The quantitative estimate of drug-likeness (QED) is 0.726. The lowest BCUT2D eigenvalue weighted by molar-refractivity contribution is -0.134. The molecule has 1 fully saturated rings. The topological polar surface area (TPSA) is 101 Å². The van der Waals surface area contributed by atoms with Crippen LogP contribution >= 0.6 is 0 Å². The van der Waals surface area contributed by atoms with Crippen molar-refractivity contribution in [1.29, 1.82) is 0 Å². The third-order valence-corrected chi connectivity index (χ3v) is 6.72. The van der Waals surface area contributed by atoms with Crippen molar-refractivity contribution in [1.82, 2.24) is 19.1 Å². The second-order valence-electron chi connectivity index (χ2n) is 9.17. The van der Waals surface area contributed by atoms with E-state index in [-0.39, 0.29) is 32.1 Å². The molecule has 1 saturated heterocycles. The van der Waals surface area contributed by atoms with Crippen LogP contribution in [0.3, 0.4) is 0 Å². The number of benzene rings is 1. The number of nitrogens with zero attached hydrogens (tertiary/aromatic N) is 3. The zero-order chi connectivity index (χ0) is 23.7. The molecule has 0 aliphatic carbocycles. The van der Waals surface area contributed by atoms with Crippen molar-refractivity contribution < 1.29 is 22.7 Å². The molecule has 0 radical (unpaired) electrons. The third kappa shape index (κ3) is 5.80. The monoisotopic (exact) mass is 464 g/mol. The first-order chi connectivity index (χ1) is 14.8. The van der Waals surface area contributed by atoms with Crippen LogP contribution in [0.4, 0.5) is 4.79 Å². The lowest BCUT2D eigenvalue weighted by Gasteiger charge is -2.35. The zero-order valence-corrected chi connectivity index (χ0v) is 20.1. The van der Waals surface area contributed by atoms with Gasteiger partial charge in [-0.1, -0.05) is 18.2 Å². The lowest BCUT2D eigenvalue weighted by atomic mass is 10.0. The van der Waals surface area contributed by atoms with E-state index in [1.807, 2.05) is 42.1 Å². The highest BCUT2D eigenvalue weighted by molar-refractivity contribution is 7.88. The summed E-state index contributed by atoms with van der Waals surface area (Å²) in [4.78, 5) is 27.5. The van der Waals surface area contributed by atoms with Crippen molar-refractivity contribution in [3.63, 3.8) is 0 Å². The maximum absolute atomic E-state index is 13.4. The number of sulfonamides is 1. The summed E-state index contributed by atoms with van der Waals surface area (Å²) in [6.07, 6.45) is 2.76. The predicted molar refractivity (Wildman–Crippen MR) is 123 cm³/mol. The van der Waals surface area contributed by atoms with Crippen LogP contribution in [0.2, 0.25) is 0 Å². The van der Waals surface area contributed by atoms with Gasteiger partial charge in [0.15, 0.2) is 0 Å². The van der Waals surface area contributed by atoms with Crippen LogP contribution in [-0.2, 0) is 33.0 Å². The number of piperazine rings is 1. The van der Waals surface area contributed by atoms with Crippen molar-refractivity contribution in [3.8, 4) is 0 Å². The maximum Gasteiger partial charge on any atom is 0.408 e. The van der Waals surface area contributed by atoms with Crippen molar-refractivity contribution in [2.24, 2.45) is 7.05 Å². The van der Waals surface area contributed by atoms with Crippen LogP contribution in [0.15, 0.2) is 30.5 Å². The number of hydrogen-bond acceptors (Lipinski definition) is 5. The van der Waals surface area contributed by atoms with Crippen molar-refractivity contribution >= 4 is 32.9 Å². The molecule has 1 aromatic heterocycles. The number of nitrogens with one attached hydrogen (secondary N) is 1. The summed E-state index contributed by atoms with van der Waals surface area (Å²) in [6.45, 7) is 6.30. The fourth-order valence-corrected chi connectivity index (χ4v) is 4.75. The van der Waals surface area contributed by atoms with E-state index >= 15 is 0 Å². The van der Waals surface area contributed by atoms with Crippen molar-refractivity contribution in [3.05, 3.63) is 36.0 Å². The van der Waals surface area contributed by atoms with E-state index in [1.165, 1.54) is 4.31 Å². The molecule has 0 saturated carbocycles. The smallest absolute Gasteiger partial charge is 0.408 e. The van der Waals surface area contributed by atoms with Gasteiger partial charge in [-0.15, -0.1) is 0 Å². The van der Waals surface area contributed by atoms with Gasteiger partial charge in [-0.25, -0.2) is 13.2 Å². The van der Waals surface area contributed by atoms with E-state index in [2.05, 4.69) is 5.32 Å². The highest BCUT2D eigenvalue weighted by Crippen LogP contribution is 2.22. The number of para-hydroxylation sites is 1. The Morgan fingerprint density at radius 3 is 2.34 bits per heavy atom. The Bertz CT molecular complexity index is 1100. The van der Waals surface area contributed by atoms with Crippen LogP contribution in [0.5, 0.6) is 0 Å². The number of aryl methyl sites for hydroxylation is 1. The average Bonchev–Trinajstić information content (AvgIpc) is 3.01. The molecule has 1 N–H and O–H groups in total.